The average molecular weight is 411 g/mol. The van der Waals surface area contributed by atoms with E-state index in [1.54, 1.807) is 36.4 Å². The quantitative estimate of drug-likeness (QED) is 0.655. The first-order chi connectivity index (χ1) is 13.7. The zero-order valence-electron chi connectivity index (χ0n) is 16.8. The second-order valence-electron chi connectivity index (χ2n) is 6.46. The number of rotatable bonds is 8. The van der Waals surface area contributed by atoms with Crippen LogP contribution in [0.3, 0.4) is 0 Å². The zero-order chi connectivity index (χ0) is 21.6. The molecule has 0 atom stereocenters. The maximum Gasteiger partial charge on any atom is 0.471 e. The third kappa shape index (κ3) is 5.79. The summed E-state index contributed by atoms with van der Waals surface area (Å²) >= 11 is 0. The minimum atomic E-state index is -4.96. The summed E-state index contributed by atoms with van der Waals surface area (Å²) in [4.78, 5) is 12.8. The van der Waals surface area contributed by atoms with Gasteiger partial charge in [0.1, 0.15) is 17.2 Å². The molecule has 0 saturated carbocycles. The second kappa shape index (κ2) is 9.54. The molecule has 0 aromatic heterocycles. The molecule has 0 aliphatic rings. The van der Waals surface area contributed by atoms with Crippen LogP contribution in [-0.4, -0.2) is 44.9 Å². The normalized spacial score (nSPS) is 11.1. The molecule has 0 saturated heterocycles. The highest BCUT2D eigenvalue weighted by Gasteiger charge is 2.42. The zero-order valence-corrected chi connectivity index (χ0v) is 16.8. The van der Waals surface area contributed by atoms with Gasteiger partial charge in [-0.3, -0.25) is 4.79 Å². The number of ether oxygens (including phenoxy) is 3. The fourth-order valence-electron chi connectivity index (χ4n) is 2.95. The number of hydrogen-bond donors (Lipinski definition) is 0. The van der Waals surface area contributed by atoms with Gasteiger partial charge in [0.2, 0.25) is 0 Å². The molecule has 0 radical (unpaired) electrons. The summed E-state index contributed by atoms with van der Waals surface area (Å²) in [7, 11) is 4.50. The Morgan fingerprint density at radius 1 is 0.966 bits per heavy atom. The standard InChI is InChI=1S/C21H24F3NO4/c1-14-11-19(29-4)16(12-18(14)28-3)9-10-25(20(26)21(22,23)24)13-15-5-7-17(27-2)8-6-15/h5-8,11-12H,9-10,13H2,1-4H3. The Morgan fingerprint density at radius 3 is 2.10 bits per heavy atom. The number of halogens is 3. The van der Waals surface area contributed by atoms with Crippen LogP contribution >= 0.6 is 0 Å². The summed E-state index contributed by atoms with van der Waals surface area (Å²) < 4.78 is 55.0. The summed E-state index contributed by atoms with van der Waals surface area (Å²) in [5, 5.41) is 0. The third-order valence-corrected chi connectivity index (χ3v) is 4.51. The molecule has 2 rings (SSSR count). The highest BCUT2D eigenvalue weighted by molar-refractivity contribution is 5.81. The Kier molecular flexibility index (Phi) is 7.36. The number of methoxy groups -OCH3 is 3. The van der Waals surface area contributed by atoms with E-state index in [0.717, 1.165) is 10.5 Å². The van der Waals surface area contributed by atoms with E-state index in [1.165, 1.54) is 21.3 Å². The van der Waals surface area contributed by atoms with Gasteiger partial charge in [-0.25, -0.2) is 0 Å². The van der Waals surface area contributed by atoms with Gasteiger partial charge in [0.05, 0.1) is 21.3 Å². The van der Waals surface area contributed by atoms with E-state index >= 15 is 0 Å². The van der Waals surface area contributed by atoms with Crippen LogP contribution in [0.4, 0.5) is 13.2 Å². The van der Waals surface area contributed by atoms with E-state index in [-0.39, 0.29) is 19.5 Å². The number of alkyl halides is 3. The predicted molar refractivity (Wildman–Crippen MR) is 102 cm³/mol. The smallest absolute Gasteiger partial charge is 0.471 e. The number of benzene rings is 2. The Bertz CT molecular complexity index is 835. The van der Waals surface area contributed by atoms with Gasteiger partial charge in [-0.1, -0.05) is 12.1 Å². The van der Waals surface area contributed by atoms with Gasteiger partial charge in [-0.05, 0) is 54.3 Å². The molecule has 8 heteroatoms. The molecule has 0 unspecified atom stereocenters. The van der Waals surface area contributed by atoms with E-state index in [4.69, 9.17) is 14.2 Å². The topological polar surface area (TPSA) is 48.0 Å². The van der Waals surface area contributed by atoms with Crippen molar-refractivity contribution in [1.82, 2.24) is 4.90 Å². The molecule has 0 aliphatic heterocycles. The van der Waals surface area contributed by atoms with Gasteiger partial charge in [0.25, 0.3) is 0 Å². The Labute approximate surface area is 168 Å². The molecule has 0 N–H and O–H groups in total. The van der Waals surface area contributed by atoms with Crippen LogP contribution < -0.4 is 14.2 Å². The number of nitrogens with zero attached hydrogens (tertiary/aromatic N) is 1. The third-order valence-electron chi connectivity index (χ3n) is 4.51. The summed E-state index contributed by atoms with van der Waals surface area (Å²) in [6.45, 7) is 1.54. The van der Waals surface area contributed by atoms with E-state index in [9.17, 15) is 18.0 Å². The molecule has 2 aromatic rings. The van der Waals surface area contributed by atoms with E-state index in [1.807, 2.05) is 6.92 Å². The first-order valence-corrected chi connectivity index (χ1v) is 8.90. The Hall–Kier alpha value is -2.90. The summed E-state index contributed by atoms with van der Waals surface area (Å²) in [5.41, 5.74) is 2.07. The number of hydrogen-bond acceptors (Lipinski definition) is 4. The largest absolute Gasteiger partial charge is 0.497 e. The maximum atomic E-state index is 13.1. The van der Waals surface area contributed by atoms with Crippen molar-refractivity contribution >= 4 is 5.91 Å². The number of carbonyl (C=O) groups is 1. The lowest BCUT2D eigenvalue weighted by atomic mass is 10.1. The molecule has 2 aromatic carbocycles. The minimum absolute atomic E-state index is 0.132. The number of aryl methyl sites for hydroxylation is 1. The van der Waals surface area contributed by atoms with Crippen molar-refractivity contribution in [3.05, 3.63) is 53.1 Å². The number of carbonyl (C=O) groups excluding carboxylic acids is 1. The molecule has 158 valence electrons. The van der Waals surface area contributed by atoms with Gasteiger partial charge < -0.3 is 19.1 Å². The molecule has 0 fully saturated rings. The lowest BCUT2D eigenvalue weighted by Crippen LogP contribution is -2.41. The fourth-order valence-corrected chi connectivity index (χ4v) is 2.95. The minimum Gasteiger partial charge on any atom is -0.497 e. The lowest BCUT2D eigenvalue weighted by molar-refractivity contribution is -0.186. The predicted octanol–water partition coefficient (Wildman–Crippen LogP) is 4.15. The van der Waals surface area contributed by atoms with Gasteiger partial charge in [-0.15, -0.1) is 0 Å². The summed E-state index contributed by atoms with van der Waals surface area (Å²) in [5.74, 6) is -0.165. The molecular weight excluding hydrogens is 387 g/mol. The van der Waals surface area contributed by atoms with Gasteiger partial charge in [0.15, 0.2) is 0 Å². The van der Waals surface area contributed by atoms with Crippen LogP contribution in [-0.2, 0) is 17.8 Å². The van der Waals surface area contributed by atoms with Crippen molar-refractivity contribution in [2.75, 3.05) is 27.9 Å². The molecule has 29 heavy (non-hydrogen) atoms. The molecule has 5 nitrogen and oxygen atoms in total. The fraction of sp³-hybridized carbons (Fsp3) is 0.381. The van der Waals surface area contributed by atoms with Gasteiger partial charge >= 0.3 is 12.1 Å². The molecule has 0 aliphatic carbocycles. The second-order valence-corrected chi connectivity index (χ2v) is 6.46. The Balaban J connectivity index is 2.25. The van der Waals surface area contributed by atoms with E-state index < -0.39 is 12.1 Å². The highest BCUT2D eigenvalue weighted by Crippen LogP contribution is 2.29. The molecule has 1 amide bonds. The van der Waals surface area contributed by atoms with Crippen molar-refractivity contribution in [2.45, 2.75) is 26.1 Å². The van der Waals surface area contributed by atoms with Crippen molar-refractivity contribution in [3.8, 4) is 17.2 Å². The van der Waals surface area contributed by atoms with Crippen LogP contribution in [0.1, 0.15) is 16.7 Å². The number of amides is 1. The highest BCUT2D eigenvalue weighted by atomic mass is 19.4. The Morgan fingerprint density at radius 2 is 1.59 bits per heavy atom. The lowest BCUT2D eigenvalue weighted by Gasteiger charge is -2.24. The first-order valence-electron chi connectivity index (χ1n) is 8.90. The van der Waals surface area contributed by atoms with Crippen molar-refractivity contribution in [2.24, 2.45) is 0 Å². The summed E-state index contributed by atoms with van der Waals surface area (Å²) in [6.07, 6.45) is -4.78. The maximum absolute atomic E-state index is 13.1. The van der Waals surface area contributed by atoms with Crippen LogP contribution in [0.5, 0.6) is 17.2 Å². The van der Waals surface area contributed by atoms with Crippen molar-refractivity contribution in [1.29, 1.82) is 0 Å². The average Bonchev–Trinajstić information content (AvgIpc) is 2.70. The monoisotopic (exact) mass is 411 g/mol. The first kappa shape index (κ1) is 22.4. The van der Waals surface area contributed by atoms with Crippen molar-refractivity contribution in [3.63, 3.8) is 0 Å². The van der Waals surface area contributed by atoms with Crippen LogP contribution in [0.25, 0.3) is 0 Å². The molecule has 0 bridgehead atoms. The van der Waals surface area contributed by atoms with Gasteiger partial charge in [0, 0.05) is 13.1 Å². The van der Waals surface area contributed by atoms with E-state index in [0.29, 0.717) is 28.4 Å². The van der Waals surface area contributed by atoms with Gasteiger partial charge in [-0.2, -0.15) is 13.2 Å². The SMILES string of the molecule is COc1ccc(CN(CCc2cc(OC)c(C)cc2OC)C(=O)C(F)(F)F)cc1. The van der Waals surface area contributed by atoms with E-state index in [2.05, 4.69) is 0 Å². The van der Waals surface area contributed by atoms with Crippen LogP contribution in [0.15, 0.2) is 36.4 Å². The molecular formula is C21H24F3NO4. The summed E-state index contributed by atoms with van der Waals surface area (Å²) in [6, 6.07) is 10.0. The van der Waals surface area contributed by atoms with Crippen LogP contribution in [0, 0.1) is 6.92 Å². The van der Waals surface area contributed by atoms with Crippen molar-refractivity contribution < 1.29 is 32.2 Å². The molecule has 0 spiro atoms. The molecule has 0 heterocycles. The van der Waals surface area contributed by atoms with Crippen LogP contribution in [0.2, 0.25) is 0 Å².